The van der Waals surface area contributed by atoms with Crippen molar-refractivity contribution in [1.29, 1.82) is 0 Å². The Balaban J connectivity index is 2.35. The van der Waals surface area contributed by atoms with Crippen LogP contribution in [0, 0.1) is 5.82 Å². The molecule has 1 aromatic rings. The van der Waals surface area contributed by atoms with E-state index in [1.165, 1.54) is 12.8 Å². The van der Waals surface area contributed by atoms with Gasteiger partial charge in [0.15, 0.2) is 0 Å². The van der Waals surface area contributed by atoms with Gasteiger partial charge in [0.05, 0.1) is 10.5 Å². The highest BCUT2D eigenvalue weighted by atomic mass is 79.9. The number of benzene rings is 1. The summed E-state index contributed by atoms with van der Waals surface area (Å²) in [7, 11) is 1.91. The molecule has 0 bridgehead atoms. The summed E-state index contributed by atoms with van der Waals surface area (Å²) in [6.07, 6.45) is 2.47. The molecule has 19 heavy (non-hydrogen) atoms. The molecular formula is C15H22BrFN2. The third kappa shape index (κ3) is 2.86. The number of hydrogen-bond donors (Lipinski definition) is 1. The Bertz CT molecular complexity index is 442. The minimum atomic E-state index is -0.158. The van der Waals surface area contributed by atoms with Crippen LogP contribution in [-0.2, 0) is 0 Å². The van der Waals surface area contributed by atoms with Crippen LogP contribution >= 0.6 is 15.9 Å². The normalized spacial score (nSPS) is 18.8. The van der Waals surface area contributed by atoms with Gasteiger partial charge in [-0.25, -0.2) is 4.39 Å². The molecule has 0 aliphatic carbocycles. The molecule has 1 fully saturated rings. The van der Waals surface area contributed by atoms with E-state index in [4.69, 9.17) is 0 Å². The fourth-order valence-corrected chi connectivity index (χ4v) is 3.49. The second kappa shape index (κ2) is 5.90. The lowest BCUT2D eigenvalue weighted by Gasteiger charge is -2.42. The minimum absolute atomic E-state index is 0.0249. The molecular weight excluding hydrogens is 307 g/mol. The molecule has 0 radical (unpaired) electrons. The van der Waals surface area contributed by atoms with Crippen molar-refractivity contribution in [2.45, 2.75) is 38.3 Å². The number of hydrogen-bond acceptors (Lipinski definition) is 2. The van der Waals surface area contributed by atoms with Gasteiger partial charge in [-0.1, -0.05) is 12.1 Å². The van der Waals surface area contributed by atoms with Crippen molar-refractivity contribution in [2.24, 2.45) is 0 Å². The zero-order valence-electron chi connectivity index (χ0n) is 11.8. The number of nitrogens with zero attached hydrogens (tertiary/aromatic N) is 1. The van der Waals surface area contributed by atoms with Crippen molar-refractivity contribution in [2.75, 3.05) is 20.1 Å². The van der Waals surface area contributed by atoms with Crippen LogP contribution < -0.4 is 5.32 Å². The molecule has 0 saturated carbocycles. The van der Waals surface area contributed by atoms with Gasteiger partial charge < -0.3 is 5.32 Å². The third-order valence-electron chi connectivity index (χ3n) is 4.21. The van der Waals surface area contributed by atoms with Gasteiger partial charge in [0.1, 0.15) is 5.82 Å². The van der Waals surface area contributed by atoms with E-state index in [1.54, 1.807) is 6.07 Å². The zero-order valence-corrected chi connectivity index (χ0v) is 13.4. The summed E-state index contributed by atoms with van der Waals surface area (Å²) in [6.45, 7) is 6.58. The van der Waals surface area contributed by atoms with Gasteiger partial charge >= 0.3 is 0 Å². The Kier molecular flexibility index (Phi) is 4.64. The topological polar surface area (TPSA) is 15.3 Å². The van der Waals surface area contributed by atoms with Gasteiger partial charge in [0.25, 0.3) is 0 Å². The van der Waals surface area contributed by atoms with Gasteiger partial charge in [-0.15, -0.1) is 0 Å². The quantitative estimate of drug-likeness (QED) is 0.906. The van der Waals surface area contributed by atoms with E-state index < -0.39 is 0 Å². The molecule has 0 spiro atoms. The van der Waals surface area contributed by atoms with Crippen molar-refractivity contribution < 1.29 is 4.39 Å². The van der Waals surface area contributed by atoms with Crippen molar-refractivity contribution in [3.63, 3.8) is 0 Å². The SMILES string of the molecule is CNC(c1cccc(Br)c1F)C(C)(C)N1CCCC1. The van der Waals surface area contributed by atoms with Crippen LogP contribution in [0.1, 0.15) is 38.3 Å². The molecule has 1 unspecified atom stereocenters. The predicted molar refractivity (Wildman–Crippen MR) is 80.8 cm³/mol. The van der Waals surface area contributed by atoms with Gasteiger partial charge in [0.2, 0.25) is 0 Å². The molecule has 1 atom stereocenters. The fourth-order valence-electron chi connectivity index (χ4n) is 3.11. The Labute approximate surface area is 123 Å². The molecule has 2 rings (SSSR count). The first-order valence-corrected chi connectivity index (χ1v) is 7.64. The minimum Gasteiger partial charge on any atom is -0.311 e. The van der Waals surface area contributed by atoms with E-state index >= 15 is 0 Å². The van der Waals surface area contributed by atoms with E-state index in [-0.39, 0.29) is 17.4 Å². The number of likely N-dealkylation sites (tertiary alicyclic amines) is 1. The van der Waals surface area contributed by atoms with Gasteiger partial charge in [-0.3, -0.25) is 4.90 Å². The Morgan fingerprint density at radius 2 is 1.95 bits per heavy atom. The van der Waals surface area contributed by atoms with E-state index in [0.717, 1.165) is 18.7 Å². The van der Waals surface area contributed by atoms with Crippen molar-refractivity contribution in [3.8, 4) is 0 Å². The molecule has 0 amide bonds. The second-order valence-electron chi connectivity index (χ2n) is 5.71. The lowest BCUT2D eigenvalue weighted by atomic mass is 9.87. The molecule has 1 aliphatic heterocycles. The van der Waals surface area contributed by atoms with Crippen molar-refractivity contribution >= 4 is 15.9 Å². The highest BCUT2D eigenvalue weighted by molar-refractivity contribution is 9.10. The van der Waals surface area contributed by atoms with E-state index in [2.05, 4.69) is 40.0 Å². The first kappa shape index (κ1) is 14.9. The standard InChI is InChI=1S/C15H22BrFN2/c1-15(2,19-9-4-5-10-19)14(18-3)11-7-6-8-12(16)13(11)17/h6-8,14,18H,4-5,9-10H2,1-3H3. The van der Waals surface area contributed by atoms with Crippen molar-refractivity contribution in [1.82, 2.24) is 10.2 Å². The van der Waals surface area contributed by atoms with Crippen LogP contribution in [0.15, 0.2) is 22.7 Å². The van der Waals surface area contributed by atoms with Crippen LogP contribution in [0.4, 0.5) is 4.39 Å². The van der Waals surface area contributed by atoms with Crippen LogP contribution in [0.3, 0.4) is 0 Å². The zero-order chi connectivity index (χ0) is 14.0. The maximum absolute atomic E-state index is 14.4. The summed E-state index contributed by atoms with van der Waals surface area (Å²) in [5.41, 5.74) is 0.626. The largest absolute Gasteiger partial charge is 0.311 e. The average Bonchev–Trinajstić information content (AvgIpc) is 2.89. The molecule has 1 saturated heterocycles. The summed E-state index contributed by atoms with van der Waals surface area (Å²) < 4.78 is 14.9. The summed E-state index contributed by atoms with van der Waals surface area (Å²) >= 11 is 3.28. The number of nitrogens with one attached hydrogen (secondary N) is 1. The summed E-state index contributed by atoms with van der Waals surface area (Å²) in [5.74, 6) is -0.158. The highest BCUT2D eigenvalue weighted by Crippen LogP contribution is 2.35. The van der Waals surface area contributed by atoms with Gasteiger partial charge in [0, 0.05) is 11.1 Å². The molecule has 1 aromatic carbocycles. The van der Waals surface area contributed by atoms with Crippen molar-refractivity contribution in [3.05, 3.63) is 34.1 Å². The van der Waals surface area contributed by atoms with Crippen LogP contribution in [0.2, 0.25) is 0 Å². The number of rotatable bonds is 4. The number of likely N-dealkylation sites (N-methyl/N-ethyl adjacent to an activating group) is 1. The van der Waals surface area contributed by atoms with Crippen LogP contribution in [0.5, 0.6) is 0 Å². The fraction of sp³-hybridized carbons (Fsp3) is 0.600. The Hall–Kier alpha value is -0.450. The maximum atomic E-state index is 14.4. The van der Waals surface area contributed by atoms with Gasteiger partial charge in [-0.2, -0.15) is 0 Å². The molecule has 4 heteroatoms. The Morgan fingerprint density at radius 3 is 2.53 bits per heavy atom. The second-order valence-corrected chi connectivity index (χ2v) is 6.57. The molecule has 1 aliphatic rings. The highest BCUT2D eigenvalue weighted by Gasteiger charge is 2.38. The van der Waals surface area contributed by atoms with Crippen LogP contribution in [0.25, 0.3) is 0 Å². The smallest absolute Gasteiger partial charge is 0.142 e. The number of halogens is 2. The van der Waals surface area contributed by atoms with E-state index in [1.807, 2.05) is 19.2 Å². The molecule has 1 N–H and O–H groups in total. The average molecular weight is 329 g/mol. The molecule has 2 nitrogen and oxygen atoms in total. The molecule has 0 aromatic heterocycles. The van der Waals surface area contributed by atoms with Crippen LogP contribution in [-0.4, -0.2) is 30.6 Å². The predicted octanol–water partition coefficient (Wildman–Crippen LogP) is 3.72. The third-order valence-corrected chi connectivity index (χ3v) is 4.82. The van der Waals surface area contributed by atoms with Gasteiger partial charge in [-0.05, 0) is 68.8 Å². The summed E-state index contributed by atoms with van der Waals surface area (Å²) in [4.78, 5) is 2.45. The lowest BCUT2D eigenvalue weighted by Crippen LogP contribution is -2.51. The first-order valence-electron chi connectivity index (χ1n) is 6.84. The Morgan fingerprint density at radius 1 is 1.32 bits per heavy atom. The monoisotopic (exact) mass is 328 g/mol. The lowest BCUT2D eigenvalue weighted by molar-refractivity contribution is 0.109. The molecule has 1 heterocycles. The van der Waals surface area contributed by atoms with E-state index in [0.29, 0.717) is 4.47 Å². The first-order chi connectivity index (χ1) is 8.98. The van der Waals surface area contributed by atoms with E-state index in [9.17, 15) is 4.39 Å². The maximum Gasteiger partial charge on any atom is 0.142 e. The summed E-state index contributed by atoms with van der Waals surface area (Å²) in [6, 6.07) is 5.49. The summed E-state index contributed by atoms with van der Waals surface area (Å²) in [5, 5.41) is 3.30. The molecule has 106 valence electrons.